The van der Waals surface area contributed by atoms with Crippen LogP contribution in [0.3, 0.4) is 0 Å². The molecule has 90 valence electrons. The number of hydrogen-bond donors (Lipinski definition) is 2. The Labute approximate surface area is 98.5 Å². The quantitative estimate of drug-likeness (QED) is 0.834. The summed E-state index contributed by atoms with van der Waals surface area (Å²) in [5.41, 5.74) is -0.302. The molecule has 0 saturated carbocycles. The highest BCUT2D eigenvalue weighted by Gasteiger charge is 2.26. The zero-order valence-corrected chi connectivity index (χ0v) is 10.4. The highest BCUT2D eigenvalue weighted by atomic mass is 32.1. The highest BCUT2D eigenvalue weighted by molar-refractivity contribution is 7.10. The van der Waals surface area contributed by atoms with Crippen LogP contribution in [-0.4, -0.2) is 28.9 Å². The average Bonchev–Trinajstić information content (AvgIpc) is 2.65. The van der Waals surface area contributed by atoms with Crippen LogP contribution in [0, 0.1) is 0 Å². The Morgan fingerprint density at radius 1 is 1.62 bits per heavy atom. The lowest BCUT2D eigenvalue weighted by atomic mass is 9.98. The molecule has 0 aliphatic carbocycles. The van der Waals surface area contributed by atoms with E-state index in [0.29, 0.717) is 11.3 Å². The summed E-state index contributed by atoms with van der Waals surface area (Å²) in [4.78, 5) is 11.4. The Bertz CT molecular complexity index is 370. The van der Waals surface area contributed by atoms with Gasteiger partial charge in [-0.15, -0.1) is 11.3 Å². The smallest absolute Gasteiger partial charge is 0.336 e. The maximum absolute atomic E-state index is 10.9. The van der Waals surface area contributed by atoms with Gasteiger partial charge in [-0.1, -0.05) is 0 Å². The molecule has 1 atom stereocenters. The third-order valence-corrected chi connectivity index (χ3v) is 3.48. The second kappa shape index (κ2) is 4.95. The number of carboxylic acid groups (broad SMARTS) is 1. The first kappa shape index (κ1) is 13.2. The van der Waals surface area contributed by atoms with Gasteiger partial charge in [-0.3, -0.25) is 0 Å². The van der Waals surface area contributed by atoms with E-state index >= 15 is 0 Å². The monoisotopic (exact) mass is 244 g/mol. The fraction of sp³-hybridized carbons (Fsp3) is 0.545. The van der Waals surface area contributed by atoms with Crippen molar-refractivity contribution in [3.8, 4) is 0 Å². The third kappa shape index (κ3) is 3.04. The van der Waals surface area contributed by atoms with Crippen LogP contribution in [0.1, 0.15) is 41.6 Å². The zero-order valence-electron chi connectivity index (χ0n) is 9.56. The molecular weight excluding hydrogens is 228 g/mol. The number of ether oxygens (including phenoxy) is 1. The molecule has 2 N–H and O–H groups in total. The van der Waals surface area contributed by atoms with E-state index in [4.69, 9.17) is 9.84 Å². The number of aliphatic hydroxyl groups excluding tert-OH is 1. The minimum absolute atomic E-state index is 0.171. The van der Waals surface area contributed by atoms with Crippen molar-refractivity contribution in [3.63, 3.8) is 0 Å². The Balaban J connectivity index is 2.84. The van der Waals surface area contributed by atoms with Crippen LogP contribution in [0.15, 0.2) is 11.4 Å². The van der Waals surface area contributed by atoms with Crippen molar-refractivity contribution >= 4 is 17.3 Å². The maximum atomic E-state index is 10.9. The van der Waals surface area contributed by atoms with Crippen LogP contribution in [-0.2, 0) is 4.74 Å². The molecule has 0 bridgehead atoms. The molecule has 16 heavy (non-hydrogen) atoms. The largest absolute Gasteiger partial charge is 0.478 e. The lowest BCUT2D eigenvalue weighted by Gasteiger charge is -2.25. The number of aliphatic hydroxyl groups is 1. The van der Waals surface area contributed by atoms with E-state index in [2.05, 4.69) is 0 Å². The summed E-state index contributed by atoms with van der Waals surface area (Å²) in [5.74, 6) is -1.01. The molecule has 4 nitrogen and oxygen atoms in total. The average molecular weight is 244 g/mol. The van der Waals surface area contributed by atoms with Crippen molar-refractivity contribution in [2.75, 3.05) is 7.11 Å². The van der Waals surface area contributed by atoms with Crippen molar-refractivity contribution in [1.82, 2.24) is 0 Å². The van der Waals surface area contributed by atoms with Crippen molar-refractivity contribution < 1.29 is 19.7 Å². The van der Waals surface area contributed by atoms with Gasteiger partial charge in [-0.05, 0) is 25.3 Å². The van der Waals surface area contributed by atoms with Crippen LogP contribution in [0.4, 0.5) is 0 Å². The molecule has 0 spiro atoms. The van der Waals surface area contributed by atoms with E-state index in [-0.39, 0.29) is 5.56 Å². The fourth-order valence-corrected chi connectivity index (χ4v) is 2.27. The molecule has 1 aromatic rings. The van der Waals surface area contributed by atoms with Crippen molar-refractivity contribution in [2.24, 2.45) is 0 Å². The molecule has 1 aromatic heterocycles. The Morgan fingerprint density at radius 3 is 2.75 bits per heavy atom. The molecular formula is C11H16O4S. The van der Waals surface area contributed by atoms with Gasteiger partial charge in [0.25, 0.3) is 0 Å². The lowest BCUT2D eigenvalue weighted by Crippen LogP contribution is -2.25. The zero-order chi connectivity index (χ0) is 12.3. The molecule has 1 rings (SSSR count). The van der Waals surface area contributed by atoms with Crippen molar-refractivity contribution in [2.45, 2.75) is 32.0 Å². The summed E-state index contributed by atoms with van der Waals surface area (Å²) in [5, 5.41) is 20.6. The lowest BCUT2D eigenvalue weighted by molar-refractivity contribution is -0.0195. The fourth-order valence-electron chi connectivity index (χ4n) is 1.40. The topological polar surface area (TPSA) is 66.8 Å². The van der Waals surface area contributed by atoms with Crippen LogP contribution in [0.5, 0.6) is 0 Å². The van der Waals surface area contributed by atoms with Gasteiger partial charge < -0.3 is 14.9 Å². The summed E-state index contributed by atoms with van der Waals surface area (Å²) < 4.78 is 5.20. The van der Waals surface area contributed by atoms with E-state index in [9.17, 15) is 9.90 Å². The normalized spacial score (nSPS) is 13.8. The number of aromatic carboxylic acids is 1. The maximum Gasteiger partial charge on any atom is 0.336 e. The van der Waals surface area contributed by atoms with E-state index in [1.807, 2.05) is 13.8 Å². The molecule has 0 aliphatic heterocycles. The van der Waals surface area contributed by atoms with Crippen molar-refractivity contribution in [1.29, 1.82) is 0 Å². The Hall–Kier alpha value is -0.910. The Morgan fingerprint density at radius 2 is 2.25 bits per heavy atom. The first-order valence-corrected chi connectivity index (χ1v) is 5.79. The van der Waals surface area contributed by atoms with Gasteiger partial charge in [-0.2, -0.15) is 0 Å². The summed E-state index contributed by atoms with van der Waals surface area (Å²) in [6.45, 7) is 3.70. The minimum atomic E-state index is -1.01. The van der Waals surface area contributed by atoms with Gasteiger partial charge in [-0.25, -0.2) is 4.79 Å². The molecule has 0 aliphatic rings. The predicted octanol–water partition coefficient (Wildman–Crippen LogP) is 2.29. The number of methoxy groups -OCH3 is 1. The molecule has 0 radical (unpaired) electrons. The van der Waals surface area contributed by atoms with Crippen molar-refractivity contribution in [3.05, 3.63) is 21.9 Å². The third-order valence-electron chi connectivity index (χ3n) is 2.47. The van der Waals surface area contributed by atoms with Crippen LogP contribution in [0.2, 0.25) is 0 Å². The van der Waals surface area contributed by atoms with Gasteiger partial charge in [0.1, 0.15) is 0 Å². The molecule has 5 heteroatoms. The first-order valence-electron chi connectivity index (χ1n) is 4.91. The van der Waals surface area contributed by atoms with E-state index < -0.39 is 17.7 Å². The standard InChI is InChI=1S/C11H16O4S/c1-11(2,15-3)6-8(12)9-7(10(13)14)4-5-16-9/h4-5,8,12H,6H2,1-3H3,(H,13,14). The summed E-state index contributed by atoms with van der Waals surface area (Å²) in [6.07, 6.45) is -0.439. The van der Waals surface area contributed by atoms with Crippen LogP contribution < -0.4 is 0 Å². The number of rotatable bonds is 5. The van der Waals surface area contributed by atoms with Gasteiger partial charge in [0.15, 0.2) is 0 Å². The minimum Gasteiger partial charge on any atom is -0.478 e. The second-order valence-electron chi connectivity index (χ2n) is 4.19. The van der Waals surface area contributed by atoms with Gasteiger partial charge in [0.05, 0.1) is 17.3 Å². The first-order chi connectivity index (χ1) is 7.37. The van der Waals surface area contributed by atoms with Crippen LogP contribution in [0.25, 0.3) is 0 Å². The molecule has 0 amide bonds. The van der Waals surface area contributed by atoms with E-state index in [1.54, 1.807) is 12.5 Å². The van der Waals surface area contributed by atoms with E-state index in [1.165, 1.54) is 17.4 Å². The summed E-state index contributed by atoms with van der Waals surface area (Å²) in [7, 11) is 1.57. The molecule has 0 saturated heterocycles. The second-order valence-corrected chi connectivity index (χ2v) is 5.14. The summed E-state index contributed by atoms with van der Waals surface area (Å²) in [6, 6.07) is 1.51. The summed E-state index contributed by atoms with van der Waals surface area (Å²) >= 11 is 1.25. The predicted molar refractivity (Wildman–Crippen MR) is 61.9 cm³/mol. The highest BCUT2D eigenvalue weighted by Crippen LogP contribution is 2.31. The Kier molecular flexibility index (Phi) is 4.07. The molecule has 0 fully saturated rings. The van der Waals surface area contributed by atoms with Gasteiger partial charge in [0.2, 0.25) is 0 Å². The van der Waals surface area contributed by atoms with Gasteiger partial charge in [0, 0.05) is 18.4 Å². The number of carbonyl (C=O) groups is 1. The number of thiophene rings is 1. The number of hydrogen-bond acceptors (Lipinski definition) is 4. The molecule has 1 heterocycles. The number of carboxylic acids is 1. The SMILES string of the molecule is COC(C)(C)CC(O)c1sccc1C(=O)O. The van der Waals surface area contributed by atoms with E-state index in [0.717, 1.165) is 0 Å². The van der Waals surface area contributed by atoms with Crippen LogP contribution >= 0.6 is 11.3 Å². The van der Waals surface area contributed by atoms with Gasteiger partial charge >= 0.3 is 5.97 Å². The molecule has 0 aromatic carbocycles. The molecule has 1 unspecified atom stereocenters.